The van der Waals surface area contributed by atoms with Crippen molar-refractivity contribution < 1.29 is 27.8 Å². The van der Waals surface area contributed by atoms with Gasteiger partial charge in [-0.3, -0.25) is 4.72 Å². The summed E-state index contributed by atoms with van der Waals surface area (Å²) in [5.74, 6) is -1.47. The average molecular weight is 324 g/mol. The lowest BCUT2D eigenvalue weighted by molar-refractivity contribution is 0.0693. The van der Waals surface area contributed by atoms with Gasteiger partial charge in [-0.25, -0.2) is 13.2 Å². The van der Waals surface area contributed by atoms with E-state index >= 15 is 0 Å². The van der Waals surface area contributed by atoms with Crippen LogP contribution in [-0.4, -0.2) is 46.1 Å². The van der Waals surface area contributed by atoms with Crippen molar-refractivity contribution in [1.29, 1.82) is 0 Å². The van der Waals surface area contributed by atoms with Crippen molar-refractivity contribution in [1.82, 2.24) is 0 Å². The van der Waals surface area contributed by atoms with E-state index in [2.05, 4.69) is 9.46 Å². The standard InChI is InChI=1S/C11H14ClNO6S/c1-18-3-4-20(16,17)13-9-6-10(19-2)7(11(14)15)5-8(9)12/h5-6,13H,3-4H2,1-2H3,(H,14,15). The molecule has 0 spiro atoms. The largest absolute Gasteiger partial charge is 0.496 e. The molecule has 20 heavy (non-hydrogen) atoms. The second kappa shape index (κ2) is 6.78. The molecular weight excluding hydrogens is 310 g/mol. The topological polar surface area (TPSA) is 102 Å². The maximum atomic E-state index is 11.7. The summed E-state index contributed by atoms with van der Waals surface area (Å²) in [4.78, 5) is 11.0. The Hall–Kier alpha value is -1.51. The van der Waals surface area contributed by atoms with E-state index in [-0.39, 0.29) is 34.4 Å². The predicted octanol–water partition coefficient (Wildman–Crippen LogP) is 1.43. The Balaban J connectivity index is 3.11. The summed E-state index contributed by atoms with van der Waals surface area (Å²) in [5.41, 5.74) is -0.109. The molecular formula is C11H14ClNO6S. The number of anilines is 1. The minimum atomic E-state index is -3.64. The van der Waals surface area contributed by atoms with Crippen molar-refractivity contribution in [3.8, 4) is 5.75 Å². The summed E-state index contributed by atoms with van der Waals surface area (Å²) in [7, 11) is -0.981. The van der Waals surface area contributed by atoms with Crippen LogP contribution in [0.5, 0.6) is 5.75 Å². The van der Waals surface area contributed by atoms with Crippen LogP contribution >= 0.6 is 11.6 Å². The van der Waals surface area contributed by atoms with Crippen LogP contribution in [0.2, 0.25) is 5.02 Å². The van der Waals surface area contributed by atoms with Crippen LogP contribution in [-0.2, 0) is 14.8 Å². The van der Waals surface area contributed by atoms with E-state index in [1.807, 2.05) is 0 Å². The third-order valence-electron chi connectivity index (χ3n) is 2.34. The SMILES string of the molecule is COCCS(=O)(=O)Nc1cc(OC)c(C(=O)O)cc1Cl. The van der Waals surface area contributed by atoms with E-state index in [4.69, 9.17) is 21.4 Å². The van der Waals surface area contributed by atoms with Gasteiger partial charge in [0.15, 0.2) is 0 Å². The lowest BCUT2D eigenvalue weighted by Crippen LogP contribution is -2.20. The number of methoxy groups -OCH3 is 2. The number of hydrogen-bond donors (Lipinski definition) is 2. The summed E-state index contributed by atoms with van der Waals surface area (Å²) < 4.78 is 35.3. The number of nitrogens with one attached hydrogen (secondary N) is 1. The summed E-state index contributed by atoms with van der Waals surface area (Å²) in [6.07, 6.45) is 0. The van der Waals surface area contributed by atoms with E-state index in [1.165, 1.54) is 20.3 Å². The van der Waals surface area contributed by atoms with Crippen molar-refractivity contribution >= 4 is 33.3 Å². The molecule has 0 radical (unpaired) electrons. The van der Waals surface area contributed by atoms with Crippen LogP contribution in [0.3, 0.4) is 0 Å². The fourth-order valence-corrected chi connectivity index (χ4v) is 2.64. The molecule has 7 nitrogen and oxygen atoms in total. The molecule has 1 rings (SSSR count). The van der Waals surface area contributed by atoms with E-state index in [0.717, 1.165) is 6.07 Å². The molecule has 0 atom stereocenters. The zero-order valence-electron chi connectivity index (χ0n) is 10.8. The molecule has 1 aromatic carbocycles. The quantitative estimate of drug-likeness (QED) is 0.787. The van der Waals surface area contributed by atoms with E-state index in [1.54, 1.807) is 0 Å². The number of carbonyl (C=O) groups is 1. The maximum absolute atomic E-state index is 11.7. The van der Waals surface area contributed by atoms with Crippen LogP contribution in [0.4, 0.5) is 5.69 Å². The van der Waals surface area contributed by atoms with Gasteiger partial charge in [-0.1, -0.05) is 11.6 Å². The summed E-state index contributed by atoms with van der Waals surface area (Å²) in [6.45, 7) is 0.0251. The minimum Gasteiger partial charge on any atom is -0.496 e. The molecule has 0 saturated carbocycles. The van der Waals surface area contributed by atoms with Gasteiger partial charge in [0.2, 0.25) is 10.0 Å². The minimum absolute atomic E-state index is 0.00587. The highest BCUT2D eigenvalue weighted by atomic mass is 35.5. The van der Waals surface area contributed by atoms with E-state index in [0.29, 0.717) is 0 Å². The number of sulfonamides is 1. The number of ether oxygens (including phenoxy) is 2. The number of hydrogen-bond acceptors (Lipinski definition) is 5. The Bertz CT molecular complexity index is 601. The zero-order valence-corrected chi connectivity index (χ0v) is 12.4. The summed E-state index contributed by atoms with van der Waals surface area (Å²) in [5, 5.41) is 8.93. The third kappa shape index (κ3) is 4.26. The number of halogens is 1. The molecule has 2 N–H and O–H groups in total. The molecule has 112 valence electrons. The van der Waals surface area contributed by atoms with E-state index in [9.17, 15) is 13.2 Å². The fraction of sp³-hybridized carbons (Fsp3) is 0.364. The third-order valence-corrected chi connectivity index (χ3v) is 3.89. The van der Waals surface area contributed by atoms with Crippen LogP contribution < -0.4 is 9.46 Å². The Morgan fingerprint density at radius 1 is 1.40 bits per heavy atom. The Morgan fingerprint density at radius 2 is 2.05 bits per heavy atom. The smallest absolute Gasteiger partial charge is 0.339 e. The van der Waals surface area contributed by atoms with Crippen LogP contribution in [0.15, 0.2) is 12.1 Å². The highest BCUT2D eigenvalue weighted by Gasteiger charge is 2.18. The zero-order chi connectivity index (χ0) is 15.3. The van der Waals surface area contributed by atoms with Crippen LogP contribution in [0, 0.1) is 0 Å². The van der Waals surface area contributed by atoms with Crippen LogP contribution in [0.1, 0.15) is 10.4 Å². The first-order valence-corrected chi connectivity index (χ1v) is 7.44. The van der Waals surface area contributed by atoms with Crippen molar-refractivity contribution in [3.05, 3.63) is 22.7 Å². The maximum Gasteiger partial charge on any atom is 0.339 e. The Kier molecular flexibility index (Phi) is 5.61. The van der Waals surface area contributed by atoms with E-state index < -0.39 is 16.0 Å². The fourth-order valence-electron chi connectivity index (χ4n) is 1.38. The van der Waals surface area contributed by atoms with Gasteiger partial charge in [-0.15, -0.1) is 0 Å². The van der Waals surface area contributed by atoms with Gasteiger partial charge in [-0.05, 0) is 6.07 Å². The molecule has 0 unspecified atom stereocenters. The van der Waals surface area contributed by atoms with Gasteiger partial charge in [0.1, 0.15) is 11.3 Å². The van der Waals surface area contributed by atoms with Crippen molar-refractivity contribution in [3.63, 3.8) is 0 Å². The number of benzene rings is 1. The first-order chi connectivity index (χ1) is 9.30. The normalized spacial score (nSPS) is 11.2. The molecule has 0 aromatic heterocycles. The lowest BCUT2D eigenvalue weighted by Gasteiger charge is -2.12. The predicted molar refractivity (Wildman–Crippen MR) is 74.2 cm³/mol. The summed E-state index contributed by atoms with van der Waals surface area (Å²) >= 11 is 5.87. The Morgan fingerprint density at radius 3 is 2.55 bits per heavy atom. The molecule has 0 heterocycles. The highest BCUT2D eigenvalue weighted by molar-refractivity contribution is 7.92. The van der Waals surface area contributed by atoms with Gasteiger partial charge in [-0.2, -0.15) is 0 Å². The lowest BCUT2D eigenvalue weighted by atomic mass is 10.2. The van der Waals surface area contributed by atoms with Crippen molar-refractivity contribution in [2.45, 2.75) is 0 Å². The highest BCUT2D eigenvalue weighted by Crippen LogP contribution is 2.31. The number of carboxylic acids is 1. The number of aromatic carboxylic acids is 1. The van der Waals surface area contributed by atoms with Gasteiger partial charge in [0, 0.05) is 13.2 Å². The number of rotatable bonds is 7. The average Bonchev–Trinajstić information content (AvgIpc) is 2.38. The monoisotopic (exact) mass is 323 g/mol. The van der Waals surface area contributed by atoms with Gasteiger partial charge < -0.3 is 14.6 Å². The molecule has 0 bridgehead atoms. The molecule has 0 amide bonds. The molecule has 0 saturated heterocycles. The molecule has 9 heteroatoms. The summed E-state index contributed by atoms with van der Waals surface area (Å²) in [6, 6.07) is 2.34. The van der Waals surface area contributed by atoms with Crippen molar-refractivity contribution in [2.24, 2.45) is 0 Å². The Labute approximate surface area is 121 Å². The second-order valence-electron chi connectivity index (χ2n) is 3.75. The first kappa shape index (κ1) is 16.5. The molecule has 0 aliphatic heterocycles. The molecule has 0 aliphatic carbocycles. The van der Waals surface area contributed by atoms with Gasteiger partial charge in [0.25, 0.3) is 0 Å². The van der Waals surface area contributed by atoms with Crippen LogP contribution in [0.25, 0.3) is 0 Å². The molecule has 0 aliphatic rings. The molecule has 1 aromatic rings. The van der Waals surface area contributed by atoms with Gasteiger partial charge >= 0.3 is 5.97 Å². The molecule has 0 fully saturated rings. The van der Waals surface area contributed by atoms with Gasteiger partial charge in [0.05, 0.1) is 30.2 Å². The second-order valence-corrected chi connectivity index (χ2v) is 6.00. The van der Waals surface area contributed by atoms with Crippen molar-refractivity contribution in [2.75, 3.05) is 31.3 Å². The number of carboxylic acid groups (broad SMARTS) is 1. The first-order valence-electron chi connectivity index (χ1n) is 5.41.